The van der Waals surface area contributed by atoms with Crippen molar-refractivity contribution in [1.29, 1.82) is 0 Å². The Hall–Kier alpha value is -3.10. The number of hydrogen-bond acceptors (Lipinski definition) is 6. The van der Waals surface area contributed by atoms with Gasteiger partial charge in [-0.3, -0.25) is 9.36 Å². The summed E-state index contributed by atoms with van der Waals surface area (Å²) in [6.45, 7) is 4.61. The van der Waals surface area contributed by atoms with E-state index in [1.807, 2.05) is 21.1 Å². The molecular formula is C74H131N2O6P. The fourth-order valence-electron chi connectivity index (χ4n) is 9.66. The quantitative estimate of drug-likeness (QED) is 0.0272. The van der Waals surface area contributed by atoms with Gasteiger partial charge in [0.2, 0.25) is 5.91 Å². The Balaban J connectivity index is 4.18. The van der Waals surface area contributed by atoms with E-state index in [1.54, 1.807) is 0 Å². The zero-order valence-corrected chi connectivity index (χ0v) is 55.5. The van der Waals surface area contributed by atoms with E-state index in [0.717, 1.165) is 116 Å². The van der Waals surface area contributed by atoms with Crippen LogP contribution in [0.5, 0.6) is 0 Å². The van der Waals surface area contributed by atoms with Crippen molar-refractivity contribution >= 4 is 13.7 Å². The molecule has 0 aliphatic heterocycles. The van der Waals surface area contributed by atoms with E-state index < -0.39 is 20.0 Å². The highest BCUT2D eigenvalue weighted by Gasteiger charge is 2.24. The first-order chi connectivity index (χ1) is 40.5. The van der Waals surface area contributed by atoms with Crippen LogP contribution in [0.15, 0.2) is 122 Å². The largest absolute Gasteiger partial charge is 0.756 e. The number of nitrogens with zero attached hydrogens (tertiary/aromatic N) is 1. The van der Waals surface area contributed by atoms with E-state index in [0.29, 0.717) is 23.9 Å². The fraction of sp³-hybridized carbons (Fsp3) is 0.716. The number of quaternary nitrogens is 1. The van der Waals surface area contributed by atoms with Gasteiger partial charge in [-0.25, -0.2) is 0 Å². The zero-order valence-electron chi connectivity index (χ0n) is 54.6. The van der Waals surface area contributed by atoms with Gasteiger partial charge in [-0.1, -0.05) is 315 Å². The van der Waals surface area contributed by atoms with E-state index in [1.165, 1.54) is 148 Å². The lowest BCUT2D eigenvalue weighted by molar-refractivity contribution is -0.870. The molecule has 3 atom stereocenters. The predicted molar refractivity (Wildman–Crippen MR) is 362 cm³/mol. The molecule has 0 fully saturated rings. The molecule has 0 aliphatic rings. The van der Waals surface area contributed by atoms with Crippen LogP contribution in [0.25, 0.3) is 0 Å². The van der Waals surface area contributed by atoms with Crippen LogP contribution < -0.4 is 10.2 Å². The second-order valence-electron chi connectivity index (χ2n) is 24.2. The first-order valence-corrected chi connectivity index (χ1v) is 35.8. The van der Waals surface area contributed by atoms with Gasteiger partial charge < -0.3 is 28.8 Å². The van der Waals surface area contributed by atoms with Crippen LogP contribution in [0.2, 0.25) is 0 Å². The molecule has 0 saturated heterocycles. The Kier molecular flexibility index (Phi) is 61.0. The highest BCUT2D eigenvalue weighted by molar-refractivity contribution is 7.45. The van der Waals surface area contributed by atoms with E-state index in [-0.39, 0.29) is 19.1 Å². The van der Waals surface area contributed by atoms with Crippen LogP contribution in [-0.4, -0.2) is 68.5 Å². The summed E-state index contributed by atoms with van der Waals surface area (Å²) in [5.74, 6) is -0.191. The van der Waals surface area contributed by atoms with Crippen LogP contribution in [0.1, 0.15) is 290 Å². The van der Waals surface area contributed by atoms with Gasteiger partial charge in [0.05, 0.1) is 39.9 Å². The maximum Gasteiger partial charge on any atom is 0.268 e. The second kappa shape index (κ2) is 63.4. The van der Waals surface area contributed by atoms with Gasteiger partial charge in [0, 0.05) is 6.42 Å². The first-order valence-electron chi connectivity index (χ1n) is 34.4. The minimum atomic E-state index is -4.60. The standard InChI is InChI=1S/C74H131N2O6P/c1-6-8-10-12-14-16-18-20-22-24-26-28-30-32-34-35-36-37-38-39-40-41-42-44-46-48-50-52-54-56-58-60-62-64-66-68-74(78)75-72(71-82-83(79,80)81-70-69-76(3,4)5)73(77)67-65-63-61-59-57-55-53-51-49-47-45-43-33-31-29-27-25-23-21-19-17-15-13-11-9-7-2/h8,10,14,16,20,22,26,28,32,34,36-37,39-40,42,44,48,50,54,56,72-73,77H,6-7,9,11-13,15,17-19,21,23-25,27,29-31,33,35,38,41,43,45-47,49,51-53,55,57-71H2,1-5H3,(H-,75,78,79,80)/b10-8-,16-14-,22-20-,28-26-,34-32-,37-36-,40-39-,44-42-,50-48-,56-54-. The molecule has 0 spiro atoms. The highest BCUT2D eigenvalue weighted by Crippen LogP contribution is 2.38. The number of allylic oxidation sites excluding steroid dienone is 20. The number of likely N-dealkylation sites (N-methyl/N-ethyl adjacent to an activating group) is 1. The molecule has 9 heteroatoms. The molecule has 0 bridgehead atoms. The van der Waals surface area contributed by atoms with Gasteiger partial charge >= 0.3 is 0 Å². The summed E-state index contributed by atoms with van der Waals surface area (Å²) in [7, 11) is 1.28. The average Bonchev–Trinajstić information content (AvgIpc) is 3.49. The third kappa shape index (κ3) is 66.3. The van der Waals surface area contributed by atoms with Gasteiger partial charge in [0.15, 0.2) is 0 Å². The summed E-state index contributed by atoms with van der Waals surface area (Å²) in [4.78, 5) is 25.7. The van der Waals surface area contributed by atoms with E-state index in [9.17, 15) is 19.4 Å². The lowest BCUT2D eigenvalue weighted by atomic mass is 10.0. The molecule has 0 heterocycles. The molecule has 0 radical (unpaired) electrons. The molecule has 83 heavy (non-hydrogen) atoms. The van der Waals surface area contributed by atoms with Gasteiger partial charge in [-0.15, -0.1) is 0 Å². The number of rotatable bonds is 62. The molecule has 3 unspecified atom stereocenters. The van der Waals surface area contributed by atoms with Gasteiger partial charge in [0.1, 0.15) is 13.2 Å². The number of hydrogen-bond donors (Lipinski definition) is 2. The third-order valence-electron chi connectivity index (χ3n) is 15.0. The minimum Gasteiger partial charge on any atom is -0.756 e. The van der Waals surface area contributed by atoms with Crippen molar-refractivity contribution in [2.24, 2.45) is 0 Å². The van der Waals surface area contributed by atoms with Crippen molar-refractivity contribution in [2.45, 2.75) is 302 Å². The number of aliphatic hydroxyl groups excluding tert-OH is 1. The second-order valence-corrected chi connectivity index (χ2v) is 25.6. The number of phosphoric acid groups is 1. The molecule has 1 amide bonds. The normalized spacial score (nSPS) is 14.4. The molecule has 0 aromatic rings. The maximum atomic E-state index is 13.0. The summed E-state index contributed by atoms with van der Waals surface area (Å²) < 4.78 is 23.5. The Morgan fingerprint density at radius 3 is 1.07 bits per heavy atom. The number of amides is 1. The number of carbonyl (C=O) groups is 1. The third-order valence-corrected chi connectivity index (χ3v) is 15.9. The fourth-order valence-corrected chi connectivity index (χ4v) is 10.4. The average molecular weight is 1180 g/mol. The van der Waals surface area contributed by atoms with E-state index in [4.69, 9.17) is 9.05 Å². The van der Waals surface area contributed by atoms with E-state index in [2.05, 4.69) is 141 Å². The van der Waals surface area contributed by atoms with Crippen molar-refractivity contribution in [1.82, 2.24) is 5.32 Å². The van der Waals surface area contributed by atoms with Gasteiger partial charge in [-0.05, 0) is 89.9 Å². The monoisotopic (exact) mass is 1170 g/mol. The molecule has 0 aromatic carbocycles. The predicted octanol–water partition coefficient (Wildman–Crippen LogP) is 21.4. The van der Waals surface area contributed by atoms with Crippen LogP contribution in [-0.2, 0) is 18.4 Å². The van der Waals surface area contributed by atoms with Crippen LogP contribution >= 0.6 is 7.82 Å². The van der Waals surface area contributed by atoms with Crippen molar-refractivity contribution in [3.63, 3.8) is 0 Å². The van der Waals surface area contributed by atoms with Crippen molar-refractivity contribution in [3.8, 4) is 0 Å². The van der Waals surface area contributed by atoms with Crippen molar-refractivity contribution in [2.75, 3.05) is 40.9 Å². The molecule has 0 aliphatic carbocycles. The Bertz CT molecular complexity index is 1770. The molecule has 0 saturated carbocycles. The topological polar surface area (TPSA) is 108 Å². The van der Waals surface area contributed by atoms with E-state index >= 15 is 0 Å². The zero-order chi connectivity index (χ0) is 60.5. The van der Waals surface area contributed by atoms with Crippen LogP contribution in [0.3, 0.4) is 0 Å². The Labute approximate surface area is 514 Å². The number of carbonyl (C=O) groups excluding carboxylic acids is 1. The highest BCUT2D eigenvalue weighted by atomic mass is 31.2. The molecule has 0 rings (SSSR count). The van der Waals surface area contributed by atoms with Gasteiger partial charge in [-0.2, -0.15) is 0 Å². The first kappa shape index (κ1) is 79.9. The van der Waals surface area contributed by atoms with Gasteiger partial charge in [0.25, 0.3) is 7.82 Å². The van der Waals surface area contributed by atoms with Crippen molar-refractivity contribution in [3.05, 3.63) is 122 Å². The smallest absolute Gasteiger partial charge is 0.268 e. The Morgan fingerprint density at radius 1 is 0.434 bits per heavy atom. The summed E-state index contributed by atoms with van der Waals surface area (Å²) >= 11 is 0. The number of nitrogens with one attached hydrogen (secondary N) is 1. The summed E-state index contributed by atoms with van der Waals surface area (Å²) in [6.07, 6.45) is 94.0. The SMILES string of the molecule is CC/C=C\C/C=C\C/C=C\C/C=C\C/C=C\C/C=C\C/C=C\C/C=C\C/C=C\C/C=C\CCCCCCC(=O)NC(COP(=O)([O-])OCC[N+](C)(C)C)C(O)CCCCCCCCCCCCCCCCCCCCCCCCCCCC. The lowest BCUT2D eigenvalue weighted by Crippen LogP contribution is -2.46. The summed E-state index contributed by atoms with van der Waals surface area (Å²) in [5.41, 5.74) is 0. The number of aliphatic hydroxyl groups is 1. The molecule has 0 aromatic heterocycles. The summed E-state index contributed by atoms with van der Waals surface area (Å²) in [6, 6.07) is -0.825. The Morgan fingerprint density at radius 2 is 0.735 bits per heavy atom. The number of unbranched alkanes of at least 4 members (excludes halogenated alkanes) is 29. The van der Waals surface area contributed by atoms with Crippen LogP contribution in [0, 0.1) is 0 Å². The lowest BCUT2D eigenvalue weighted by Gasteiger charge is -2.30. The number of phosphoric ester groups is 1. The molecule has 8 nitrogen and oxygen atoms in total. The molecular weight excluding hydrogens is 1040 g/mol. The van der Waals surface area contributed by atoms with Crippen LogP contribution in [0.4, 0.5) is 0 Å². The maximum absolute atomic E-state index is 13.0. The summed E-state index contributed by atoms with van der Waals surface area (Å²) in [5, 5.41) is 14.1. The molecule has 478 valence electrons. The van der Waals surface area contributed by atoms with Crippen molar-refractivity contribution < 1.29 is 32.9 Å². The minimum absolute atomic E-state index is 0.000885. The molecule has 2 N–H and O–H groups in total.